The largest absolute Gasteiger partial charge is 0.371 e. The van der Waals surface area contributed by atoms with Gasteiger partial charge < -0.3 is 10.2 Å². The van der Waals surface area contributed by atoms with Crippen LogP contribution in [-0.2, 0) is 11.2 Å². The second kappa shape index (κ2) is 8.21. The van der Waals surface area contributed by atoms with E-state index in [1.54, 1.807) is 11.3 Å². The van der Waals surface area contributed by atoms with Crippen LogP contribution in [-0.4, -0.2) is 34.9 Å². The van der Waals surface area contributed by atoms with Gasteiger partial charge in [0, 0.05) is 30.6 Å². The van der Waals surface area contributed by atoms with Crippen molar-refractivity contribution >= 4 is 22.9 Å². The van der Waals surface area contributed by atoms with E-state index >= 15 is 0 Å². The molecule has 1 aliphatic rings. The molecule has 5 heteroatoms. The van der Waals surface area contributed by atoms with Gasteiger partial charge in [-0.25, -0.2) is 4.98 Å². The maximum Gasteiger partial charge on any atom is 0.247 e. The Morgan fingerprint density at radius 3 is 2.50 bits per heavy atom. The lowest BCUT2D eigenvalue weighted by Crippen LogP contribution is -2.54. The Labute approximate surface area is 160 Å². The van der Waals surface area contributed by atoms with Crippen molar-refractivity contribution < 1.29 is 4.79 Å². The normalized spacial score (nSPS) is 16.3. The number of thiazole rings is 1. The van der Waals surface area contributed by atoms with Crippen LogP contribution in [0.3, 0.4) is 0 Å². The average molecular weight is 372 g/mol. The third-order valence-corrected chi connectivity index (χ3v) is 6.41. The lowest BCUT2D eigenvalue weighted by Gasteiger charge is -2.40. The fraction of sp³-hybridized carbons (Fsp3) is 0.524. The van der Waals surface area contributed by atoms with Crippen LogP contribution in [0.25, 0.3) is 0 Å². The van der Waals surface area contributed by atoms with Gasteiger partial charge in [0.05, 0.1) is 11.2 Å². The summed E-state index contributed by atoms with van der Waals surface area (Å²) in [6.45, 7) is 4.86. The van der Waals surface area contributed by atoms with Crippen LogP contribution in [0.4, 0.5) is 5.69 Å². The van der Waals surface area contributed by atoms with Crippen molar-refractivity contribution in [3.05, 3.63) is 45.9 Å². The van der Waals surface area contributed by atoms with Crippen molar-refractivity contribution in [2.75, 3.05) is 18.9 Å². The maximum absolute atomic E-state index is 13.4. The number of likely N-dealkylation sites (N-methyl/N-ethyl adjacent to an activating group) is 1. The van der Waals surface area contributed by atoms with Crippen LogP contribution in [0.5, 0.6) is 0 Å². The van der Waals surface area contributed by atoms with Gasteiger partial charge in [0.2, 0.25) is 5.91 Å². The second-order valence-electron chi connectivity index (χ2n) is 7.47. The van der Waals surface area contributed by atoms with E-state index in [0.717, 1.165) is 50.0 Å². The highest BCUT2D eigenvalue weighted by Crippen LogP contribution is 2.33. The van der Waals surface area contributed by atoms with Crippen LogP contribution >= 0.6 is 11.3 Å². The first-order valence-corrected chi connectivity index (χ1v) is 10.4. The predicted octanol–water partition coefficient (Wildman–Crippen LogP) is 4.58. The quantitative estimate of drug-likeness (QED) is 0.809. The highest BCUT2D eigenvalue weighted by atomic mass is 32.1. The summed E-state index contributed by atoms with van der Waals surface area (Å²) in [6.07, 6.45) is 6.11. The number of carbonyl (C=O) groups excluding carboxylic acids is 1. The molecule has 4 nitrogen and oxygen atoms in total. The average Bonchev–Trinajstić information content (AvgIpc) is 3.06. The van der Waals surface area contributed by atoms with Gasteiger partial charge in [0.15, 0.2) is 0 Å². The standard InChI is InChI=1S/C21H29N3OS/c1-16-7-9-18(10-8-16)23-21(12-5-4-6-13-21)20(25)24(3)14-11-19-17(2)22-15-26-19/h7-10,15,23H,4-6,11-14H2,1-3H3. The summed E-state index contributed by atoms with van der Waals surface area (Å²) >= 11 is 1.68. The molecule has 0 atom stereocenters. The molecule has 1 heterocycles. The van der Waals surface area contributed by atoms with Crippen molar-refractivity contribution in [2.45, 2.75) is 57.9 Å². The minimum atomic E-state index is -0.467. The van der Waals surface area contributed by atoms with Crippen molar-refractivity contribution in [3.63, 3.8) is 0 Å². The molecule has 2 aromatic rings. The molecule has 1 aliphatic carbocycles. The van der Waals surface area contributed by atoms with Crippen molar-refractivity contribution in [3.8, 4) is 0 Å². The SMILES string of the molecule is Cc1ccc(NC2(C(=O)N(C)CCc3scnc3C)CCCCC2)cc1. The molecule has 0 bridgehead atoms. The number of nitrogens with zero attached hydrogens (tertiary/aromatic N) is 2. The maximum atomic E-state index is 13.4. The summed E-state index contributed by atoms with van der Waals surface area (Å²) < 4.78 is 0. The highest BCUT2D eigenvalue weighted by Gasteiger charge is 2.41. The minimum absolute atomic E-state index is 0.222. The molecular weight excluding hydrogens is 342 g/mol. The summed E-state index contributed by atoms with van der Waals surface area (Å²) in [5, 5.41) is 3.61. The topological polar surface area (TPSA) is 45.2 Å². The summed E-state index contributed by atoms with van der Waals surface area (Å²) in [4.78, 5) is 20.9. The Bertz CT molecular complexity index is 732. The van der Waals surface area contributed by atoms with Crippen LogP contribution in [0.15, 0.2) is 29.8 Å². The van der Waals surface area contributed by atoms with Gasteiger partial charge in [0.1, 0.15) is 5.54 Å². The van der Waals surface area contributed by atoms with Gasteiger partial charge in [-0.2, -0.15) is 0 Å². The molecular formula is C21H29N3OS. The van der Waals surface area contributed by atoms with E-state index in [4.69, 9.17) is 0 Å². The fourth-order valence-corrected chi connectivity index (χ4v) is 4.53. The van der Waals surface area contributed by atoms with Crippen LogP contribution < -0.4 is 5.32 Å². The van der Waals surface area contributed by atoms with E-state index < -0.39 is 5.54 Å². The Morgan fingerprint density at radius 1 is 1.19 bits per heavy atom. The lowest BCUT2D eigenvalue weighted by atomic mass is 9.80. The van der Waals surface area contributed by atoms with Gasteiger partial charge in [-0.1, -0.05) is 37.0 Å². The van der Waals surface area contributed by atoms with Gasteiger partial charge in [-0.3, -0.25) is 4.79 Å². The zero-order valence-electron chi connectivity index (χ0n) is 16.0. The van der Waals surface area contributed by atoms with E-state index in [2.05, 4.69) is 41.5 Å². The molecule has 140 valence electrons. The number of anilines is 1. The van der Waals surface area contributed by atoms with Gasteiger partial charge in [-0.15, -0.1) is 11.3 Å². The highest BCUT2D eigenvalue weighted by molar-refractivity contribution is 7.09. The number of rotatable bonds is 6. The molecule has 1 amide bonds. The molecule has 0 saturated heterocycles. The van der Waals surface area contributed by atoms with E-state index in [9.17, 15) is 4.79 Å². The Hall–Kier alpha value is -1.88. The summed E-state index contributed by atoms with van der Waals surface area (Å²) in [5.74, 6) is 0.222. The summed E-state index contributed by atoms with van der Waals surface area (Å²) in [5.41, 5.74) is 4.77. The number of nitrogens with one attached hydrogen (secondary N) is 1. The third kappa shape index (κ3) is 4.26. The zero-order valence-corrected chi connectivity index (χ0v) is 16.9. The zero-order chi connectivity index (χ0) is 18.6. The minimum Gasteiger partial charge on any atom is -0.371 e. The first-order valence-electron chi connectivity index (χ1n) is 9.49. The Kier molecular flexibility index (Phi) is 5.97. The monoisotopic (exact) mass is 371 g/mol. The molecule has 3 rings (SSSR count). The number of aryl methyl sites for hydroxylation is 2. The summed E-state index contributed by atoms with van der Waals surface area (Å²) in [7, 11) is 1.94. The van der Waals surface area contributed by atoms with Gasteiger partial charge in [-0.05, 0) is 38.8 Å². The molecule has 26 heavy (non-hydrogen) atoms. The van der Waals surface area contributed by atoms with Crippen LogP contribution in [0.1, 0.15) is 48.2 Å². The third-order valence-electron chi connectivity index (χ3n) is 5.42. The van der Waals surface area contributed by atoms with Crippen molar-refractivity contribution in [1.29, 1.82) is 0 Å². The number of benzene rings is 1. The number of hydrogen-bond acceptors (Lipinski definition) is 4. The van der Waals surface area contributed by atoms with E-state index in [1.165, 1.54) is 16.9 Å². The van der Waals surface area contributed by atoms with E-state index in [-0.39, 0.29) is 5.91 Å². The summed E-state index contributed by atoms with van der Waals surface area (Å²) in [6, 6.07) is 8.36. The second-order valence-corrected chi connectivity index (χ2v) is 8.41. The van der Waals surface area contributed by atoms with E-state index in [1.807, 2.05) is 24.4 Å². The number of hydrogen-bond donors (Lipinski definition) is 1. The molecule has 0 radical (unpaired) electrons. The molecule has 0 spiro atoms. The Morgan fingerprint density at radius 2 is 1.88 bits per heavy atom. The molecule has 1 saturated carbocycles. The molecule has 0 unspecified atom stereocenters. The predicted molar refractivity (Wildman–Crippen MR) is 109 cm³/mol. The van der Waals surface area contributed by atoms with E-state index in [0.29, 0.717) is 0 Å². The molecule has 1 aromatic heterocycles. The number of amides is 1. The fourth-order valence-electron chi connectivity index (χ4n) is 3.76. The first kappa shape index (κ1) is 18.9. The van der Waals surface area contributed by atoms with Crippen LogP contribution in [0, 0.1) is 13.8 Å². The molecule has 1 fully saturated rings. The van der Waals surface area contributed by atoms with Crippen molar-refractivity contribution in [1.82, 2.24) is 9.88 Å². The smallest absolute Gasteiger partial charge is 0.247 e. The molecule has 1 aromatic carbocycles. The van der Waals surface area contributed by atoms with Crippen LogP contribution in [0.2, 0.25) is 0 Å². The van der Waals surface area contributed by atoms with Crippen molar-refractivity contribution in [2.24, 2.45) is 0 Å². The lowest BCUT2D eigenvalue weighted by molar-refractivity contribution is -0.135. The Balaban J connectivity index is 1.72. The van der Waals surface area contributed by atoms with Gasteiger partial charge >= 0.3 is 0 Å². The first-order chi connectivity index (χ1) is 12.5. The number of carbonyl (C=O) groups is 1. The molecule has 0 aliphatic heterocycles. The molecule has 1 N–H and O–H groups in total. The number of aromatic nitrogens is 1. The van der Waals surface area contributed by atoms with Gasteiger partial charge in [0.25, 0.3) is 0 Å².